The number of fused-ring (bicyclic) bond motifs is 1. The van der Waals surface area contributed by atoms with Crippen LogP contribution in [-0.4, -0.2) is 20.9 Å². The van der Waals surface area contributed by atoms with Crippen LogP contribution in [0.3, 0.4) is 0 Å². The number of nitrogens with zero attached hydrogens (tertiary/aromatic N) is 2. The fraction of sp³-hybridized carbons (Fsp3) is 0.381. The number of H-pyrrole nitrogens is 1. The number of imidazole rings is 1. The number of nitrogens with one attached hydrogen (secondary N) is 2. The second kappa shape index (κ2) is 8.20. The maximum atomic E-state index is 12.3. The van der Waals surface area contributed by atoms with E-state index >= 15 is 0 Å². The van der Waals surface area contributed by atoms with Gasteiger partial charge >= 0.3 is 5.91 Å². The van der Waals surface area contributed by atoms with Crippen molar-refractivity contribution in [1.29, 1.82) is 0 Å². The van der Waals surface area contributed by atoms with Gasteiger partial charge in [-0.2, -0.15) is 5.48 Å². The van der Waals surface area contributed by atoms with Crippen LogP contribution in [0.25, 0.3) is 11.0 Å². The van der Waals surface area contributed by atoms with Gasteiger partial charge in [-0.3, -0.25) is 4.79 Å². The van der Waals surface area contributed by atoms with Crippen molar-refractivity contribution < 1.29 is 9.63 Å². The smallest absolute Gasteiger partial charge is 0.302 e. The highest BCUT2D eigenvalue weighted by Gasteiger charge is 2.14. The van der Waals surface area contributed by atoms with Crippen molar-refractivity contribution in [3.63, 3.8) is 0 Å². The SMILES string of the molecule is O=C(NOc1cccc(CCC2CCCCC2)c1)c1cc2nc[nH]c2cn1. The van der Waals surface area contributed by atoms with Gasteiger partial charge in [0.15, 0.2) is 5.75 Å². The number of amides is 1. The molecule has 27 heavy (non-hydrogen) atoms. The summed E-state index contributed by atoms with van der Waals surface area (Å²) in [6.45, 7) is 0. The van der Waals surface area contributed by atoms with E-state index in [0.717, 1.165) is 17.9 Å². The van der Waals surface area contributed by atoms with Gasteiger partial charge in [0.05, 0.1) is 23.6 Å². The van der Waals surface area contributed by atoms with Crippen LogP contribution in [0, 0.1) is 5.92 Å². The first-order valence-electron chi connectivity index (χ1n) is 9.63. The zero-order valence-corrected chi connectivity index (χ0v) is 15.3. The summed E-state index contributed by atoms with van der Waals surface area (Å²) in [5.41, 5.74) is 5.46. The lowest BCUT2D eigenvalue weighted by Crippen LogP contribution is -2.27. The van der Waals surface area contributed by atoms with Gasteiger partial charge in [-0.25, -0.2) is 9.97 Å². The quantitative estimate of drug-likeness (QED) is 0.643. The number of carbonyl (C=O) groups excluding carboxylic acids is 1. The normalized spacial score (nSPS) is 15.0. The first kappa shape index (κ1) is 17.5. The summed E-state index contributed by atoms with van der Waals surface area (Å²) in [7, 11) is 0. The van der Waals surface area contributed by atoms with E-state index in [1.54, 1.807) is 18.6 Å². The Labute approximate surface area is 158 Å². The molecule has 140 valence electrons. The molecule has 6 heteroatoms. The first-order chi connectivity index (χ1) is 13.3. The molecule has 4 rings (SSSR count). The van der Waals surface area contributed by atoms with Crippen molar-refractivity contribution in [2.24, 2.45) is 5.92 Å². The molecule has 1 fully saturated rings. The summed E-state index contributed by atoms with van der Waals surface area (Å²) in [4.78, 5) is 29.0. The highest BCUT2D eigenvalue weighted by Crippen LogP contribution is 2.28. The van der Waals surface area contributed by atoms with Gasteiger partial charge in [-0.15, -0.1) is 0 Å². The molecule has 2 aromatic heterocycles. The van der Waals surface area contributed by atoms with Crippen LogP contribution in [0.5, 0.6) is 5.75 Å². The lowest BCUT2D eigenvalue weighted by molar-refractivity contribution is 0.0754. The molecule has 1 aromatic carbocycles. The average molecular weight is 364 g/mol. The molecule has 1 amide bonds. The molecule has 2 N–H and O–H groups in total. The van der Waals surface area contributed by atoms with Gasteiger partial charge < -0.3 is 9.82 Å². The van der Waals surface area contributed by atoms with E-state index < -0.39 is 5.91 Å². The minimum absolute atomic E-state index is 0.267. The van der Waals surface area contributed by atoms with Crippen molar-refractivity contribution in [1.82, 2.24) is 20.4 Å². The number of aromatic nitrogens is 3. The first-order valence-corrected chi connectivity index (χ1v) is 9.63. The van der Waals surface area contributed by atoms with Crippen LogP contribution in [0.2, 0.25) is 0 Å². The highest BCUT2D eigenvalue weighted by molar-refractivity contribution is 5.94. The molecular weight excluding hydrogens is 340 g/mol. The topological polar surface area (TPSA) is 79.9 Å². The van der Waals surface area contributed by atoms with E-state index in [2.05, 4.69) is 26.5 Å². The molecule has 0 spiro atoms. The number of pyridine rings is 1. The van der Waals surface area contributed by atoms with E-state index in [4.69, 9.17) is 4.84 Å². The standard InChI is InChI=1S/C21H24N4O2/c26-21(19-12-18-20(13-22-19)24-14-23-18)25-27-17-8-4-7-16(11-17)10-9-15-5-2-1-3-6-15/h4,7-8,11-15H,1-3,5-6,9-10H2,(H,23,24)(H,25,26). The third-order valence-electron chi connectivity index (χ3n) is 5.26. The summed E-state index contributed by atoms with van der Waals surface area (Å²) in [6, 6.07) is 9.55. The van der Waals surface area contributed by atoms with Gasteiger partial charge in [0.2, 0.25) is 0 Å². The minimum atomic E-state index is -0.396. The molecule has 2 heterocycles. The third-order valence-corrected chi connectivity index (χ3v) is 5.26. The van der Waals surface area contributed by atoms with E-state index in [9.17, 15) is 4.79 Å². The Hall–Kier alpha value is -2.89. The van der Waals surface area contributed by atoms with Gasteiger partial charge in [0.1, 0.15) is 5.69 Å². The molecular formula is C21H24N4O2. The van der Waals surface area contributed by atoms with Crippen LogP contribution in [-0.2, 0) is 6.42 Å². The molecule has 1 aliphatic rings. The van der Waals surface area contributed by atoms with E-state index in [-0.39, 0.29) is 5.69 Å². The predicted octanol–water partition coefficient (Wildman–Crippen LogP) is 4.19. The summed E-state index contributed by atoms with van der Waals surface area (Å²) in [5, 5.41) is 0. The van der Waals surface area contributed by atoms with Gasteiger partial charge in [0.25, 0.3) is 0 Å². The van der Waals surface area contributed by atoms with Crippen molar-refractivity contribution in [3.05, 3.63) is 54.1 Å². The molecule has 0 saturated heterocycles. The van der Waals surface area contributed by atoms with Crippen LogP contribution in [0.4, 0.5) is 0 Å². The van der Waals surface area contributed by atoms with Gasteiger partial charge in [-0.1, -0.05) is 44.2 Å². The number of hydrogen-bond acceptors (Lipinski definition) is 4. The lowest BCUT2D eigenvalue weighted by Gasteiger charge is -2.21. The number of benzene rings is 1. The Morgan fingerprint density at radius 3 is 2.96 bits per heavy atom. The zero-order valence-electron chi connectivity index (χ0n) is 15.3. The molecule has 0 bridgehead atoms. The molecule has 1 aliphatic carbocycles. The fourth-order valence-corrected chi connectivity index (χ4v) is 3.73. The summed E-state index contributed by atoms with van der Waals surface area (Å²) in [5.74, 6) is 1.09. The Morgan fingerprint density at radius 2 is 2.07 bits per heavy atom. The Bertz CT molecular complexity index is 915. The Kier molecular flexibility index (Phi) is 5.32. The zero-order chi connectivity index (χ0) is 18.5. The Balaban J connectivity index is 1.32. The summed E-state index contributed by atoms with van der Waals surface area (Å²) < 4.78 is 0. The minimum Gasteiger partial charge on any atom is -0.379 e. The van der Waals surface area contributed by atoms with Crippen molar-refractivity contribution in [3.8, 4) is 5.75 Å². The van der Waals surface area contributed by atoms with Crippen LogP contribution < -0.4 is 10.3 Å². The maximum Gasteiger partial charge on any atom is 0.302 e. The van der Waals surface area contributed by atoms with Gasteiger partial charge in [0, 0.05) is 0 Å². The number of carbonyl (C=O) groups is 1. The van der Waals surface area contributed by atoms with Crippen LogP contribution in [0.1, 0.15) is 54.6 Å². The fourth-order valence-electron chi connectivity index (χ4n) is 3.73. The van der Waals surface area contributed by atoms with E-state index in [1.165, 1.54) is 44.1 Å². The number of aryl methyl sites for hydroxylation is 1. The summed E-state index contributed by atoms with van der Waals surface area (Å²) >= 11 is 0. The molecule has 0 radical (unpaired) electrons. The second-order valence-electron chi connectivity index (χ2n) is 7.21. The van der Waals surface area contributed by atoms with E-state index in [0.29, 0.717) is 11.3 Å². The lowest BCUT2D eigenvalue weighted by atomic mass is 9.85. The number of rotatable bonds is 6. The average Bonchev–Trinajstić information content (AvgIpc) is 3.19. The van der Waals surface area contributed by atoms with Crippen molar-refractivity contribution >= 4 is 16.9 Å². The largest absolute Gasteiger partial charge is 0.379 e. The maximum absolute atomic E-state index is 12.3. The third kappa shape index (κ3) is 4.45. The van der Waals surface area contributed by atoms with Crippen LogP contribution in [0.15, 0.2) is 42.9 Å². The molecule has 3 aromatic rings. The summed E-state index contributed by atoms with van der Waals surface area (Å²) in [6.07, 6.45) is 12.3. The number of aromatic amines is 1. The number of hydrogen-bond donors (Lipinski definition) is 2. The van der Waals surface area contributed by atoms with Gasteiger partial charge in [-0.05, 0) is 42.5 Å². The molecule has 6 nitrogen and oxygen atoms in total. The predicted molar refractivity (Wildman–Crippen MR) is 103 cm³/mol. The molecule has 1 saturated carbocycles. The molecule has 0 unspecified atom stereocenters. The number of hydroxylamine groups is 1. The van der Waals surface area contributed by atoms with Crippen molar-refractivity contribution in [2.75, 3.05) is 0 Å². The monoisotopic (exact) mass is 364 g/mol. The van der Waals surface area contributed by atoms with E-state index in [1.807, 2.05) is 18.2 Å². The Morgan fingerprint density at radius 1 is 1.19 bits per heavy atom. The molecule has 0 aliphatic heterocycles. The highest BCUT2D eigenvalue weighted by atomic mass is 16.7. The second-order valence-corrected chi connectivity index (χ2v) is 7.21. The van der Waals surface area contributed by atoms with Crippen LogP contribution >= 0.6 is 0 Å². The molecule has 0 atom stereocenters. The van der Waals surface area contributed by atoms with Crippen molar-refractivity contribution in [2.45, 2.75) is 44.9 Å².